The fraction of sp³-hybridized carbons (Fsp3) is 0.400. The van der Waals surface area contributed by atoms with Crippen molar-refractivity contribution >= 4 is 0 Å². The standard InChI is InChI=1S/C15H17F2N3O/c16-15(17)21-11-4-5-12-10(8-11)2-1-3-13(12)20-9-14-18-6-7-19-14/h4-8,13,15,20H,1-3,9H2,(H,18,19). The second-order valence-electron chi connectivity index (χ2n) is 5.10. The molecule has 0 bridgehead atoms. The number of aromatic amines is 1. The van der Waals surface area contributed by atoms with E-state index in [2.05, 4.69) is 20.0 Å². The fourth-order valence-corrected chi connectivity index (χ4v) is 2.79. The first-order chi connectivity index (χ1) is 10.2. The van der Waals surface area contributed by atoms with Gasteiger partial charge in [0.25, 0.3) is 0 Å². The van der Waals surface area contributed by atoms with Crippen LogP contribution in [0.5, 0.6) is 5.75 Å². The van der Waals surface area contributed by atoms with Gasteiger partial charge in [0.05, 0.1) is 6.54 Å². The number of aryl methyl sites for hydroxylation is 1. The van der Waals surface area contributed by atoms with Crippen LogP contribution in [0.2, 0.25) is 0 Å². The van der Waals surface area contributed by atoms with Crippen molar-refractivity contribution in [2.45, 2.75) is 38.5 Å². The number of imidazole rings is 1. The van der Waals surface area contributed by atoms with Crippen LogP contribution in [-0.2, 0) is 13.0 Å². The Morgan fingerprint density at radius 3 is 3.10 bits per heavy atom. The first-order valence-electron chi connectivity index (χ1n) is 7.01. The molecule has 2 N–H and O–H groups in total. The number of alkyl halides is 2. The van der Waals surface area contributed by atoms with Gasteiger partial charge in [-0.25, -0.2) is 4.98 Å². The van der Waals surface area contributed by atoms with E-state index in [9.17, 15) is 8.78 Å². The number of fused-ring (bicyclic) bond motifs is 1. The van der Waals surface area contributed by atoms with E-state index in [0.29, 0.717) is 6.54 Å². The highest BCUT2D eigenvalue weighted by molar-refractivity contribution is 5.39. The number of rotatable bonds is 5. The zero-order valence-electron chi connectivity index (χ0n) is 11.5. The van der Waals surface area contributed by atoms with Crippen molar-refractivity contribution in [1.29, 1.82) is 0 Å². The van der Waals surface area contributed by atoms with Crippen LogP contribution in [0.25, 0.3) is 0 Å². The van der Waals surface area contributed by atoms with E-state index in [-0.39, 0.29) is 11.8 Å². The van der Waals surface area contributed by atoms with Crippen LogP contribution >= 0.6 is 0 Å². The minimum absolute atomic E-state index is 0.222. The third kappa shape index (κ3) is 3.39. The van der Waals surface area contributed by atoms with E-state index in [4.69, 9.17) is 0 Å². The van der Waals surface area contributed by atoms with Gasteiger partial charge in [0.2, 0.25) is 0 Å². The second kappa shape index (κ2) is 6.22. The number of benzene rings is 1. The number of hydrogen-bond donors (Lipinski definition) is 2. The summed E-state index contributed by atoms with van der Waals surface area (Å²) in [6.07, 6.45) is 6.47. The molecule has 4 nitrogen and oxygen atoms in total. The molecule has 1 aromatic heterocycles. The molecule has 1 aliphatic carbocycles. The van der Waals surface area contributed by atoms with Gasteiger partial charge in [-0.2, -0.15) is 8.78 Å². The molecular formula is C15H17F2N3O. The zero-order valence-corrected chi connectivity index (χ0v) is 11.5. The van der Waals surface area contributed by atoms with Crippen molar-refractivity contribution in [2.24, 2.45) is 0 Å². The van der Waals surface area contributed by atoms with Crippen LogP contribution in [0.4, 0.5) is 8.78 Å². The SMILES string of the molecule is FC(F)Oc1ccc2c(c1)CCCC2NCc1ncc[nH]1. The Hall–Kier alpha value is -1.95. The molecule has 0 saturated heterocycles. The number of nitrogens with zero attached hydrogens (tertiary/aromatic N) is 1. The maximum absolute atomic E-state index is 12.3. The molecule has 1 aliphatic rings. The molecule has 6 heteroatoms. The summed E-state index contributed by atoms with van der Waals surface area (Å²) in [6.45, 7) is -2.12. The summed E-state index contributed by atoms with van der Waals surface area (Å²) in [5.74, 6) is 1.12. The molecule has 1 atom stereocenters. The molecule has 1 unspecified atom stereocenters. The largest absolute Gasteiger partial charge is 0.435 e. The molecule has 21 heavy (non-hydrogen) atoms. The van der Waals surface area contributed by atoms with Gasteiger partial charge in [0.1, 0.15) is 11.6 Å². The lowest BCUT2D eigenvalue weighted by Gasteiger charge is -2.26. The van der Waals surface area contributed by atoms with Gasteiger partial charge >= 0.3 is 6.61 Å². The highest BCUT2D eigenvalue weighted by Gasteiger charge is 2.21. The minimum atomic E-state index is -2.78. The van der Waals surface area contributed by atoms with E-state index in [1.165, 1.54) is 0 Å². The predicted molar refractivity (Wildman–Crippen MR) is 74.2 cm³/mol. The lowest BCUT2D eigenvalue weighted by Crippen LogP contribution is -2.25. The number of nitrogens with one attached hydrogen (secondary N) is 2. The molecular weight excluding hydrogens is 276 g/mol. The van der Waals surface area contributed by atoms with Crippen molar-refractivity contribution < 1.29 is 13.5 Å². The first kappa shape index (κ1) is 14.0. The number of H-pyrrole nitrogens is 1. The van der Waals surface area contributed by atoms with Gasteiger partial charge < -0.3 is 15.0 Å². The van der Waals surface area contributed by atoms with E-state index >= 15 is 0 Å². The van der Waals surface area contributed by atoms with E-state index in [1.54, 1.807) is 24.5 Å². The number of halogens is 2. The molecule has 0 amide bonds. The molecule has 0 radical (unpaired) electrons. The smallest absolute Gasteiger partial charge is 0.387 e. The third-order valence-corrected chi connectivity index (χ3v) is 3.72. The van der Waals surface area contributed by atoms with E-state index in [1.807, 2.05) is 6.07 Å². The highest BCUT2D eigenvalue weighted by Crippen LogP contribution is 2.32. The Morgan fingerprint density at radius 1 is 1.43 bits per heavy atom. The van der Waals surface area contributed by atoms with Crippen LogP contribution in [0, 0.1) is 0 Å². The highest BCUT2D eigenvalue weighted by atomic mass is 19.3. The van der Waals surface area contributed by atoms with Crippen molar-refractivity contribution in [3.05, 3.63) is 47.5 Å². The molecule has 0 fully saturated rings. The van der Waals surface area contributed by atoms with Crippen molar-refractivity contribution in [3.63, 3.8) is 0 Å². The Labute approximate surface area is 121 Å². The molecule has 1 heterocycles. The van der Waals surface area contributed by atoms with Crippen LogP contribution < -0.4 is 10.1 Å². The second-order valence-corrected chi connectivity index (χ2v) is 5.10. The molecule has 3 rings (SSSR count). The van der Waals surface area contributed by atoms with Gasteiger partial charge in [-0.1, -0.05) is 6.07 Å². The molecule has 112 valence electrons. The van der Waals surface area contributed by atoms with Crippen molar-refractivity contribution in [3.8, 4) is 5.75 Å². The predicted octanol–water partition coefficient (Wildman–Crippen LogP) is 3.18. The number of ether oxygens (including phenoxy) is 1. The third-order valence-electron chi connectivity index (χ3n) is 3.72. The zero-order chi connectivity index (χ0) is 14.7. The van der Waals surface area contributed by atoms with Gasteiger partial charge in [-0.3, -0.25) is 0 Å². The lowest BCUT2D eigenvalue weighted by molar-refractivity contribution is -0.0499. The first-order valence-corrected chi connectivity index (χ1v) is 7.01. The van der Waals surface area contributed by atoms with E-state index in [0.717, 1.165) is 36.2 Å². The molecule has 0 spiro atoms. The summed E-state index contributed by atoms with van der Waals surface area (Å²) in [5, 5.41) is 3.46. The normalized spacial score (nSPS) is 17.8. The number of hydrogen-bond acceptors (Lipinski definition) is 3. The van der Waals surface area contributed by atoms with Gasteiger partial charge in [-0.15, -0.1) is 0 Å². The molecule has 2 aromatic rings. The van der Waals surface area contributed by atoms with Crippen LogP contribution in [0.3, 0.4) is 0 Å². The summed E-state index contributed by atoms with van der Waals surface area (Å²) in [6, 6.07) is 5.44. The average molecular weight is 293 g/mol. The maximum Gasteiger partial charge on any atom is 0.387 e. The molecule has 1 aromatic carbocycles. The Kier molecular flexibility index (Phi) is 4.15. The summed E-state index contributed by atoms with van der Waals surface area (Å²) in [4.78, 5) is 7.24. The lowest BCUT2D eigenvalue weighted by atomic mass is 9.87. The van der Waals surface area contributed by atoms with Gasteiger partial charge in [-0.05, 0) is 42.5 Å². The van der Waals surface area contributed by atoms with Crippen molar-refractivity contribution in [1.82, 2.24) is 15.3 Å². The van der Waals surface area contributed by atoms with Gasteiger partial charge in [0, 0.05) is 18.4 Å². The quantitative estimate of drug-likeness (QED) is 0.890. The summed E-state index contributed by atoms with van der Waals surface area (Å²) < 4.78 is 29.0. The summed E-state index contributed by atoms with van der Waals surface area (Å²) >= 11 is 0. The van der Waals surface area contributed by atoms with Crippen LogP contribution in [0.15, 0.2) is 30.6 Å². The van der Waals surface area contributed by atoms with E-state index < -0.39 is 6.61 Å². The Bertz CT molecular complexity index is 587. The monoisotopic (exact) mass is 293 g/mol. The average Bonchev–Trinajstić information content (AvgIpc) is 2.97. The molecule has 0 saturated carbocycles. The maximum atomic E-state index is 12.3. The topological polar surface area (TPSA) is 49.9 Å². The summed E-state index contributed by atoms with van der Waals surface area (Å²) in [5.41, 5.74) is 2.24. The minimum Gasteiger partial charge on any atom is -0.435 e. The van der Waals surface area contributed by atoms with Crippen LogP contribution in [-0.4, -0.2) is 16.6 Å². The van der Waals surface area contributed by atoms with Gasteiger partial charge in [0.15, 0.2) is 0 Å². The Morgan fingerprint density at radius 2 is 2.33 bits per heavy atom. The summed E-state index contributed by atoms with van der Waals surface area (Å²) in [7, 11) is 0. The fourth-order valence-electron chi connectivity index (χ4n) is 2.79. The molecule has 0 aliphatic heterocycles. The van der Waals surface area contributed by atoms with Crippen LogP contribution in [0.1, 0.15) is 35.8 Å². The van der Waals surface area contributed by atoms with Crippen molar-refractivity contribution in [2.75, 3.05) is 0 Å². The number of aromatic nitrogens is 2. The Balaban J connectivity index is 1.72.